The predicted octanol–water partition coefficient (Wildman–Crippen LogP) is 2.76. The van der Waals surface area contributed by atoms with E-state index in [-0.39, 0.29) is 6.42 Å². The number of aliphatic hydroxyl groups excluding tert-OH is 1. The first-order valence-corrected chi connectivity index (χ1v) is 7.66. The number of rotatable bonds is 9. The molecule has 3 N–H and O–H groups in total. The van der Waals surface area contributed by atoms with Gasteiger partial charge in [-0.25, -0.2) is 0 Å². The summed E-state index contributed by atoms with van der Waals surface area (Å²) in [5.74, 6) is -0.314. The van der Waals surface area contributed by atoms with Gasteiger partial charge in [-0.1, -0.05) is 45.0 Å². The fourth-order valence-corrected chi connectivity index (χ4v) is 2.37. The van der Waals surface area contributed by atoms with E-state index in [2.05, 4.69) is 19.2 Å². The van der Waals surface area contributed by atoms with E-state index >= 15 is 0 Å². The molecule has 0 saturated carbocycles. The Morgan fingerprint density at radius 3 is 2.33 bits per heavy atom. The molecule has 21 heavy (non-hydrogen) atoms. The van der Waals surface area contributed by atoms with Crippen LogP contribution in [0.2, 0.25) is 0 Å². The number of aliphatic hydroxyl groups is 1. The maximum absolute atomic E-state index is 10.9. The van der Waals surface area contributed by atoms with Gasteiger partial charge in [0.1, 0.15) is 0 Å². The van der Waals surface area contributed by atoms with E-state index in [0.29, 0.717) is 12.5 Å². The largest absolute Gasteiger partial charge is 0.481 e. The van der Waals surface area contributed by atoms with E-state index < -0.39 is 18.1 Å². The van der Waals surface area contributed by atoms with Crippen LogP contribution in [0.3, 0.4) is 0 Å². The van der Waals surface area contributed by atoms with Gasteiger partial charge >= 0.3 is 5.97 Å². The normalized spacial score (nSPS) is 14.1. The third-order valence-electron chi connectivity index (χ3n) is 3.40. The Kier molecular flexibility index (Phi) is 7.40. The maximum Gasteiger partial charge on any atom is 0.305 e. The van der Waals surface area contributed by atoms with Crippen LogP contribution >= 0.6 is 0 Å². The SMILES string of the molecule is CCCNC(CC(=O)O)C(O)c1ccc(CC(C)C)cc1. The average Bonchev–Trinajstić information content (AvgIpc) is 2.42. The highest BCUT2D eigenvalue weighted by atomic mass is 16.4. The second-order valence-electron chi connectivity index (χ2n) is 5.94. The number of nitrogens with one attached hydrogen (secondary N) is 1. The summed E-state index contributed by atoms with van der Waals surface area (Å²) >= 11 is 0. The second-order valence-corrected chi connectivity index (χ2v) is 5.94. The summed E-state index contributed by atoms with van der Waals surface area (Å²) in [7, 11) is 0. The molecule has 0 aliphatic heterocycles. The summed E-state index contributed by atoms with van der Waals surface area (Å²) < 4.78 is 0. The predicted molar refractivity (Wildman–Crippen MR) is 84.3 cm³/mol. The molecule has 0 aromatic heterocycles. The van der Waals surface area contributed by atoms with Crippen molar-refractivity contribution in [3.05, 3.63) is 35.4 Å². The lowest BCUT2D eigenvalue weighted by atomic mass is 9.96. The molecular formula is C17H27NO3. The summed E-state index contributed by atoms with van der Waals surface area (Å²) in [5.41, 5.74) is 2.00. The number of carboxylic acid groups (broad SMARTS) is 1. The monoisotopic (exact) mass is 293 g/mol. The van der Waals surface area contributed by atoms with Crippen LogP contribution in [0.15, 0.2) is 24.3 Å². The Morgan fingerprint density at radius 2 is 1.86 bits per heavy atom. The zero-order valence-corrected chi connectivity index (χ0v) is 13.2. The molecule has 0 bridgehead atoms. The fourth-order valence-electron chi connectivity index (χ4n) is 2.37. The van der Waals surface area contributed by atoms with Gasteiger partial charge in [0.2, 0.25) is 0 Å². The zero-order valence-electron chi connectivity index (χ0n) is 13.2. The molecule has 4 nitrogen and oxygen atoms in total. The van der Waals surface area contributed by atoms with Gasteiger partial charge in [0.05, 0.1) is 12.5 Å². The smallest absolute Gasteiger partial charge is 0.305 e. The molecule has 118 valence electrons. The minimum atomic E-state index is -0.904. The van der Waals surface area contributed by atoms with Crippen molar-refractivity contribution in [3.8, 4) is 0 Å². The minimum absolute atomic E-state index is 0.0884. The van der Waals surface area contributed by atoms with Crippen LogP contribution in [0.5, 0.6) is 0 Å². The molecule has 1 rings (SSSR count). The Hall–Kier alpha value is -1.39. The third kappa shape index (κ3) is 6.27. The zero-order chi connectivity index (χ0) is 15.8. The summed E-state index contributed by atoms with van der Waals surface area (Å²) in [5, 5.41) is 22.5. The van der Waals surface area contributed by atoms with Gasteiger partial charge in [-0.15, -0.1) is 0 Å². The van der Waals surface area contributed by atoms with Gasteiger partial charge in [0.25, 0.3) is 0 Å². The van der Waals surface area contributed by atoms with Gasteiger partial charge in [-0.05, 0) is 36.4 Å². The Labute approximate surface area is 127 Å². The number of carboxylic acids is 1. The second kappa shape index (κ2) is 8.80. The summed E-state index contributed by atoms with van der Waals surface area (Å²) in [6.07, 6.45) is 1.01. The molecule has 0 fully saturated rings. The molecule has 0 heterocycles. The average molecular weight is 293 g/mol. The molecule has 0 radical (unpaired) electrons. The number of carbonyl (C=O) groups is 1. The molecule has 4 heteroatoms. The first-order chi connectivity index (χ1) is 9.93. The lowest BCUT2D eigenvalue weighted by Crippen LogP contribution is -2.37. The highest BCUT2D eigenvalue weighted by Crippen LogP contribution is 2.20. The summed E-state index contributed by atoms with van der Waals surface area (Å²) in [6, 6.07) is 7.35. The molecule has 2 unspecified atom stereocenters. The highest BCUT2D eigenvalue weighted by molar-refractivity contribution is 5.67. The van der Waals surface area contributed by atoms with Crippen molar-refractivity contribution in [2.24, 2.45) is 5.92 Å². The lowest BCUT2D eigenvalue weighted by Gasteiger charge is -2.23. The van der Waals surface area contributed by atoms with Gasteiger partial charge in [0.15, 0.2) is 0 Å². The Balaban J connectivity index is 2.76. The van der Waals surface area contributed by atoms with E-state index in [1.807, 2.05) is 31.2 Å². The highest BCUT2D eigenvalue weighted by Gasteiger charge is 2.22. The molecule has 1 aromatic rings. The summed E-state index contributed by atoms with van der Waals surface area (Å²) in [4.78, 5) is 10.9. The molecule has 0 spiro atoms. The van der Waals surface area contributed by atoms with E-state index in [1.165, 1.54) is 5.56 Å². The van der Waals surface area contributed by atoms with Crippen LogP contribution in [-0.4, -0.2) is 28.8 Å². The van der Waals surface area contributed by atoms with Crippen molar-refractivity contribution in [3.63, 3.8) is 0 Å². The number of aliphatic carboxylic acids is 1. The Bertz CT molecular complexity index is 428. The minimum Gasteiger partial charge on any atom is -0.481 e. The molecule has 0 aliphatic rings. The first kappa shape index (κ1) is 17.7. The van der Waals surface area contributed by atoms with Crippen LogP contribution in [0.25, 0.3) is 0 Å². The van der Waals surface area contributed by atoms with Gasteiger partial charge in [0, 0.05) is 6.04 Å². The number of hydrogen-bond acceptors (Lipinski definition) is 3. The van der Waals surface area contributed by atoms with E-state index in [4.69, 9.17) is 5.11 Å². The fraction of sp³-hybridized carbons (Fsp3) is 0.588. The molecule has 1 aromatic carbocycles. The van der Waals surface area contributed by atoms with Gasteiger partial charge in [-0.2, -0.15) is 0 Å². The van der Waals surface area contributed by atoms with Crippen molar-refractivity contribution >= 4 is 5.97 Å². The Morgan fingerprint density at radius 1 is 1.24 bits per heavy atom. The van der Waals surface area contributed by atoms with Crippen molar-refractivity contribution in [1.82, 2.24) is 5.32 Å². The standard InChI is InChI=1S/C17H27NO3/c1-4-9-18-15(11-16(19)20)17(21)14-7-5-13(6-8-14)10-12(2)3/h5-8,12,15,17-18,21H,4,9-11H2,1-3H3,(H,19,20). The topological polar surface area (TPSA) is 69.6 Å². The molecule has 0 amide bonds. The quantitative estimate of drug-likeness (QED) is 0.655. The van der Waals surface area contributed by atoms with Crippen LogP contribution in [-0.2, 0) is 11.2 Å². The summed E-state index contributed by atoms with van der Waals surface area (Å²) in [6.45, 7) is 7.04. The van der Waals surface area contributed by atoms with Crippen molar-refractivity contribution in [2.75, 3.05) is 6.54 Å². The van der Waals surface area contributed by atoms with Gasteiger partial charge < -0.3 is 15.5 Å². The number of benzene rings is 1. The van der Waals surface area contributed by atoms with Crippen molar-refractivity contribution in [2.45, 2.75) is 52.2 Å². The molecular weight excluding hydrogens is 266 g/mol. The lowest BCUT2D eigenvalue weighted by molar-refractivity contribution is -0.138. The van der Waals surface area contributed by atoms with E-state index in [1.54, 1.807) is 0 Å². The first-order valence-electron chi connectivity index (χ1n) is 7.66. The van der Waals surface area contributed by atoms with Crippen molar-refractivity contribution in [1.29, 1.82) is 0 Å². The van der Waals surface area contributed by atoms with E-state index in [9.17, 15) is 9.90 Å². The molecule has 0 saturated heterocycles. The molecule has 2 atom stereocenters. The van der Waals surface area contributed by atoms with Crippen LogP contribution < -0.4 is 5.32 Å². The van der Waals surface area contributed by atoms with Crippen LogP contribution in [0.4, 0.5) is 0 Å². The van der Waals surface area contributed by atoms with Crippen LogP contribution in [0, 0.1) is 5.92 Å². The molecule has 0 aliphatic carbocycles. The van der Waals surface area contributed by atoms with Gasteiger partial charge in [-0.3, -0.25) is 4.79 Å². The maximum atomic E-state index is 10.9. The third-order valence-corrected chi connectivity index (χ3v) is 3.40. The number of hydrogen-bond donors (Lipinski definition) is 3. The van der Waals surface area contributed by atoms with Crippen LogP contribution in [0.1, 0.15) is 50.8 Å². The van der Waals surface area contributed by atoms with E-state index in [0.717, 1.165) is 18.4 Å². The van der Waals surface area contributed by atoms with Crippen molar-refractivity contribution < 1.29 is 15.0 Å².